The van der Waals surface area contributed by atoms with Crippen molar-refractivity contribution in [1.82, 2.24) is 14.8 Å². The third kappa shape index (κ3) is 7.00. The van der Waals surface area contributed by atoms with Crippen molar-refractivity contribution in [3.63, 3.8) is 0 Å². The molecule has 0 atom stereocenters. The number of fused-ring (bicyclic) bond motifs is 1. The number of methoxy groups -OCH3 is 1. The van der Waals surface area contributed by atoms with Crippen LogP contribution >= 0.6 is 0 Å². The minimum Gasteiger partial charge on any atom is -0.497 e. The summed E-state index contributed by atoms with van der Waals surface area (Å²) in [6.45, 7) is 3.40. The molecule has 0 unspecified atom stereocenters. The number of para-hydroxylation sites is 1. The Balaban J connectivity index is 1.49. The molecule has 6 nitrogen and oxygen atoms in total. The Morgan fingerprint density at radius 1 is 0.868 bits per heavy atom. The number of aromatic amines is 1. The van der Waals surface area contributed by atoms with Gasteiger partial charge in [-0.1, -0.05) is 49.4 Å². The quantitative estimate of drug-likeness (QED) is 0.276. The molecule has 7 heteroatoms. The topological polar surface area (TPSA) is 65.6 Å². The van der Waals surface area contributed by atoms with E-state index in [1.54, 1.807) is 24.1 Å². The molecule has 0 radical (unpaired) electrons. The maximum absolute atomic E-state index is 13.6. The van der Waals surface area contributed by atoms with E-state index in [9.17, 15) is 14.0 Å². The zero-order valence-electron chi connectivity index (χ0n) is 22.0. The van der Waals surface area contributed by atoms with Gasteiger partial charge in [0.15, 0.2) is 0 Å². The average Bonchev–Trinajstić information content (AvgIpc) is 3.35. The molecule has 0 bridgehead atoms. The number of rotatable bonds is 12. The second-order valence-electron chi connectivity index (χ2n) is 9.39. The van der Waals surface area contributed by atoms with Gasteiger partial charge in [-0.05, 0) is 59.9 Å². The van der Waals surface area contributed by atoms with Gasteiger partial charge in [-0.3, -0.25) is 9.59 Å². The molecule has 38 heavy (non-hydrogen) atoms. The standard InChI is InChI=1S/C31H34FN3O3/c1-3-17-34(30(36)19-23-8-12-26(32)13-9-23)22-31(37)35(21-24-10-14-27(38-2)15-11-24)18-16-25-20-33-29-7-5-4-6-28(25)29/h4-15,20,33H,3,16-19,21-22H2,1-2H3. The highest BCUT2D eigenvalue weighted by molar-refractivity contribution is 5.86. The number of benzene rings is 3. The summed E-state index contributed by atoms with van der Waals surface area (Å²) in [7, 11) is 1.62. The van der Waals surface area contributed by atoms with Crippen LogP contribution in [0.25, 0.3) is 10.9 Å². The fourth-order valence-corrected chi connectivity index (χ4v) is 4.55. The summed E-state index contributed by atoms with van der Waals surface area (Å²) in [5, 5.41) is 1.14. The number of aromatic nitrogens is 1. The van der Waals surface area contributed by atoms with Gasteiger partial charge in [0.25, 0.3) is 0 Å². The molecule has 0 aliphatic heterocycles. The Morgan fingerprint density at radius 3 is 2.29 bits per heavy atom. The Labute approximate surface area is 223 Å². The molecule has 1 N–H and O–H groups in total. The molecule has 1 aromatic heterocycles. The number of ether oxygens (including phenoxy) is 1. The predicted octanol–water partition coefficient (Wildman–Crippen LogP) is 5.37. The lowest BCUT2D eigenvalue weighted by Crippen LogP contribution is -2.44. The monoisotopic (exact) mass is 515 g/mol. The van der Waals surface area contributed by atoms with Gasteiger partial charge in [-0.2, -0.15) is 0 Å². The summed E-state index contributed by atoms with van der Waals surface area (Å²) in [5.74, 6) is 0.159. The number of nitrogens with zero attached hydrogens (tertiary/aromatic N) is 2. The summed E-state index contributed by atoms with van der Waals surface area (Å²) in [6, 6.07) is 21.7. The second kappa shape index (κ2) is 12.9. The lowest BCUT2D eigenvalue weighted by Gasteiger charge is -2.28. The Hall–Kier alpha value is -4.13. The Kier molecular flexibility index (Phi) is 9.14. The van der Waals surface area contributed by atoms with E-state index in [4.69, 9.17) is 4.74 Å². The fourth-order valence-electron chi connectivity index (χ4n) is 4.55. The minimum absolute atomic E-state index is 0.00208. The van der Waals surface area contributed by atoms with Gasteiger partial charge in [0.2, 0.25) is 11.8 Å². The molecule has 0 saturated carbocycles. The molecule has 0 aliphatic carbocycles. The third-order valence-corrected chi connectivity index (χ3v) is 6.65. The van der Waals surface area contributed by atoms with Crippen molar-refractivity contribution < 1.29 is 18.7 Å². The molecule has 1 heterocycles. The van der Waals surface area contributed by atoms with Crippen molar-refractivity contribution in [2.75, 3.05) is 26.7 Å². The Bertz CT molecular complexity index is 1350. The van der Waals surface area contributed by atoms with Crippen LogP contribution in [0.2, 0.25) is 0 Å². The smallest absolute Gasteiger partial charge is 0.242 e. The molecule has 2 amide bonds. The molecule has 4 aromatic rings. The summed E-state index contributed by atoms with van der Waals surface area (Å²) < 4.78 is 18.6. The molecule has 3 aromatic carbocycles. The van der Waals surface area contributed by atoms with Crippen molar-refractivity contribution in [2.24, 2.45) is 0 Å². The number of halogens is 1. The maximum Gasteiger partial charge on any atom is 0.242 e. The summed E-state index contributed by atoms with van der Waals surface area (Å²) in [4.78, 5) is 33.5. The van der Waals surface area contributed by atoms with Gasteiger partial charge in [-0.15, -0.1) is 0 Å². The van der Waals surface area contributed by atoms with E-state index in [0.29, 0.717) is 26.1 Å². The lowest BCUT2D eigenvalue weighted by molar-refractivity contribution is -0.140. The van der Waals surface area contributed by atoms with E-state index in [0.717, 1.165) is 39.8 Å². The number of H-pyrrole nitrogens is 1. The number of carbonyl (C=O) groups excluding carboxylic acids is 2. The van der Waals surface area contributed by atoms with Gasteiger partial charge in [0.05, 0.1) is 20.1 Å². The minimum atomic E-state index is -0.342. The van der Waals surface area contributed by atoms with E-state index in [1.807, 2.05) is 60.5 Å². The first-order valence-corrected chi connectivity index (χ1v) is 12.9. The molecule has 0 aliphatic rings. The summed E-state index contributed by atoms with van der Waals surface area (Å²) in [5.41, 5.74) is 3.92. The number of hydrogen-bond acceptors (Lipinski definition) is 3. The van der Waals surface area contributed by atoms with Crippen LogP contribution < -0.4 is 4.74 Å². The maximum atomic E-state index is 13.6. The van der Waals surface area contributed by atoms with Crippen molar-refractivity contribution in [1.29, 1.82) is 0 Å². The summed E-state index contributed by atoms with van der Waals surface area (Å²) >= 11 is 0. The highest BCUT2D eigenvalue weighted by Crippen LogP contribution is 2.20. The van der Waals surface area contributed by atoms with Crippen LogP contribution in [0, 0.1) is 5.82 Å². The fraction of sp³-hybridized carbons (Fsp3) is 0.290. The number of amides is 2. The number of hydrogen-bond donors (Lipinski definition) is 1. The predicted molar refractivity (Wildman–Crippen MR) is 147 cm³/mol. The lowest BCUT2D eigenvalue weighted by atomic mass is 10.1. The van der Waals surface area contributed by atoms with Crippen molar-refractivity contribution >= 4 is 22.7 Å². The van der Waals surface area contributed by atoms with Gasteiger partial charge in [0, 0.05) is 36.7 Å². The van der Waals surface area contributed by atoms with Crippen molar-refractivity contribution in [3.05, 3.63) is 102 Å². The molecule has 198 valence electrons. The second-order valence-corrected chi connectivity index (χ2v) is 9.39. The van der Waals surface area contributed by atoms with E-state index < -0.39 is 0 Å². The zero-order chi connectivity index (χ0) is 26.9. The first-order valence-electron chi connectivity index (χ1n) is 12.9. The van der Waals surface area contributed by atoms with Crippen LogP contribution in [-0.4, -0.2) is 53.3 Å². The first kappa shape index (κ1) is 26.9. The van der Waals surface area contributed by atoms with E-state index >= 15 is 0 Å². The van der Waals surface area contributed by atoms with E-state index in [-0.39, 0.29) is 30.6 Å². The average molecular weight is 516 g/mol. The highest BCUT2D eigenvalue weighted by Gasteiger charge is 2.22. The largest absolute Gasteiger partial charge is 0.497 e. The molecule has 0 fully saturated rings. The molecular weight excluding hydrogens is 481 g/mol. The third-order valence-electron chi connectivity index (χ3n) is 6.65. The van der Waals surface area contributed by atoms with Crippen LogP contribution in [0.3, 0.4) is 0 Å². The number of nitrogens with one attached hydrogen (secondary N) is 1. The van der Waals surface area contributed by atoms with E-state index in [2.05, 4.69) is 11.1 Å². The Morgan fingerprint density at radius 2 is 1.58 bits per heavy atom. The SMILES string of the molecule is CCCN(CC(=O)N(CCc1c[nH]c2ccccc12)Cc1ccc(OC)cc1)C(=O)Cc1ccc(F)cc1. The van der Waals surface area contributed by atoms with Crippen molar-refractivity contribution in [3.8, 4) is 5.75 Å². The molecule has 4 rings (SSSR count). The van der Waals surface area contributed by atoms with Gasteiger partial charge >= 0.3 is 0 Å². The number of carbonyl (C=O) groups is 2. The van der Waals surface area contributed by atoms with Crippen LogP contribution in [-0.2, 0) is 29.0 Å². The van der Waals surface area contributed by atoms with Crippen LogP contribution in [0.5, 0.6) is 5.75 Å². The van der Waals surface area contributed by atoms with Crippen LogP contribution in [0.1, 0.15) is 30.0 Å². The molecule has 0 saturated heterocycles. The molecular formula is C31H34FN3O3. The van der Waals surface area contributed by atoms with Gasteiger partial charge < -0.3 is 19.5 Å². The van der Waals surface area contributed by atoms with E-state index in [1.165, 1.54) is 12.1 Å². The zero-order valence-corrected chi connectivity index (χ0v) is 22.0. The van der Waals surface area contributed by atoms with Gasteiger partial charge in [-0.25, -0.2) is 4.39 Å². The highest BCUT2D eigenvalue weighted by atomic mass is 19.1. The van der Waals surface area contributed by atoms with Gasteiger partial charge in [0.1, 0.15) is 11.6 Å². The normalized spacial score (nSPS) is 10.9. The first-order chi connectivity index (χ1) is 18.5. The van der Waals surface area contributed by atoms with Crippen LogP contribution in [0.15, 0.2) is 79.0 Å². The van der Waals surface area contributed by atoms with Crippen molar-refractivity contribution in [2.45, 2.75) is 32.7 Å². The summed E-state index contributed by atoms with van der Waals surface area (Å²) in [6.07, 6.45) is 3.54. The molecule has 0 spiro atoms. The van der Waals surface area contributed by atoms with Crippen LogP contribution in [0.4, 0.5) is 4.39 Å².